The molecule has 2 aromatic carbocycles. The smallest absolute Gasteiger partial charge is 0.258 e. The highest BCUT2D eigenvalue weighted by Gasteiger charge is 2.08. The van der Waals surface area contributed by atoms with Gasteiger partial charge in [-0.25, -0.2) is 4.98 Å². The van der Waals surface area contributed by atoms with Crippen molar-refractivity contribution in [2.24, 2.45) is 0 Å². The number of aromatic amines is 1. The molecule has 7 heteroatoms. The minimum Gasteiger partial charge on any atom is -0.258 e. The van der Waals surface area contributed by atoms with Gasteiger partial charge in [0.1, 0.15) is 0 Å². The first-order chi connectivity index (χ1) is 11.7. The average molecular weight is 340 g/mol. The molecule has 0 aliphatic rings. The van der Waals surface area contributed by atoms with Gasteiger partial charge in [0.2, 0.25) is 5.16 Å². The van der Waals surface area contributed by atoms with Gasteiger partial charge in [-0.1, -0.05) is 55.1 Å². The van der Waals surface area contributed by atoms with Gasteiger partial charge in [-0.2, -0.15) is 0 Å². The Morgan fingerprint density at radius 3 is 2.38 bits per heavy atom. The number of aryl methyl sites for hydroxylation is 1. The molecule has 24 heavy (non-hydrogen) atoms. The number of aromatic nitrogens is 3. The lowest BCUT2D eigenvalue weighted by molar-refractivity contribution is -0.384. The highest BCUT2D eigenvalue weighted by atomic mass is 32.2. The number of non-ortho nitro benzene ring substituents is 1. The lowest BCUT2D eigenvalue weighted by Gasteiger charge is -1.99. The maximum Gasteiger partial charge on any atom is 0.269 e. The normalized spacial score (nSPS) is 10.7. The molecule has 6 nitrogen and oxygen atoms in total. The summed E-state index contributed by atoms with van der Waals surface area (Å²) in [6, 6.07) is 14.8. The molecule has 0 spiro atoms. The minimum absolute atomic E-state index is 0.0967. The molecule has 0 saturated carbocycles. The second-order valence-electron chi connectivity index (χ2n) is 5.23. The fraction of sp³-hybridized carbons (Fsp3) is 0.176. The zero-order valence-electron chi connectivity index (χ0n) is 13.1. The Morgan fingerprint density at radius 1 is 1.08 bits per heavy atom. The van der Waals surface area contributed by atoms with Crippen molar-refractivity contribution < 1.29 is 4.92 Å². The van der Waals surface area contributed by atoms with Crippen LogP contribution in [-0.2, 0) is 12.2 Å². The first-order valence-corrected chi connectivity index (χ1v) is 8.52. The van der Waals surface area contributed by atoms with E-state index < -0.39 is 4.92 Å². The first-order valence-electron chi connectivity index (χ1n) is 7.53. The molecule has 3 aromatic rings. The van der Waals surface area contributed by atoms with E-state index in [4.69, 9.17) is 0 Å². The van der Waals surface area contributed by atoms with E-state index in [2.05, 4.69) is 34.2 Å². The van der Waals surface area contributed by atoms with E-state index in [0.717, 1.165) is 23.4 Å². The summed E-state index contributed by atoms with van der Waals surface area (Å²) in [4.78, 5) is 14.7. The van der Waals surface area contributed by atoms with Gasteiger partial charge in [0.25, 0.3) is 5.69 Å². The van der Waals surface area contributed by atoms with Gasteiger partial charge in [-0.05, 0) is 17.5 Å². The van der Waals surface area contributed by atoms with Crippen molar-refractivity contribution in [2.45, 2.75) is 24.3 Å². The molecule has 1 heterocycles. The number of hydrogen-bond donors (Lipinski definition) is 1. The summed E-state index contributed by atoms with van der Waals surface area (Å²) in [7, 11) is 0. The van der Waals surface area contributed by atoms with Gasteiger partial charge in [-0.15, -0.1) is 5.10 Å². The van der Waals surface area contributed by atoms with Crippen LogP contribution in [0.25, 0.3) is 11.4 Å². The summed E-state index contributed by atoms with van der Waals surface area (Å²) in [6.07, 6.45) is 1.01. The van der Waals surface area contributed by atoms with Crippen LogP contribution in [0.2, 0.25) is 0 Å². The third kappa shape index (κ3) is 3.80. The van der Waals surface area contributed by atoms with E-state index in [0.29, 0.717) is 10.9 Å². The Bertz CT molecular complexity index is 829. The van der Waals surface area contributed by atoms with Crippen LogP contribution in [0.15, 0.2) is 53.7 Å². The van der Waals surface area contributed by atoms with Crippen LogP contribution in [-0.4, -0.2) is 20.1 Å². The Morgan fingerprint density at radius 2 is 1.75 bits per heavy atom. The number of nitro benzene ring substituents is 1. The number of H-pyrrole nitrogens is 1. The fourth-order valence-electron chi connectivity index (χ4n) is 2.20. The summed E-state index contributed by atoms with van der Waals surface area (Å²) in [5.41, 5.74) is 3.37. The molecule has 0 unspecified atom stereocenters. The maximum atomic E-state index is 10.6. The molecule has 0 amide bonds. The van der Waals surface area contributed by atoms with Gasteiger partial charge in [-0.3, -0.25) is 15.2 Å². The average Bonchev–Trinajstić information content (AvgIpc) is 3.09. The summed E-state index contributed by atoms with van der Waals surface area (Å²) >= 11 is 1.49. The molecular weight excluding hydrogens is 324 g/mol. The van der Waals surface area contributed by atoms with Crippen molar-refractivity contribution in [3.63, 3.8) is 0 Å². The number of rotatable bonds is 6. The molecule has 3 rings (SSSR count). The number of benzene rings is 2. The number of nitrogens with one attached hydrogen (secondary N) is 1. The molecule has 0 saturated heterocycles. The highest BCUT2D eigenvalue weighted by molar-refractivity contribution is 7.98. The summed E-state index contributed by atoms with van der Waals surface area (Å²) in [6.45, 7) is 2.12. The Kier molecular flexibility index (Phi) is 4.90. The Hall–Kier alpha value is -2.67. The predicted molar refractivity (Wildman–Crippen MR) is 93.9 cm³/mol. The lowest BCUT2D eigenvalue weighted by atomic mass is 10.1. The second-order valence-corrected chi connectivity index (χ2v) is 6.17. The highest BCUT2D eigenvalue weighted by Crippen LogP contribution is 2.23. The number of thioether (sulfide) groups is 1. The van der Waals surface area contributed by atoms with Crippen LogP contribution in [0.3, 0.4) is 0 Å². The predicted octanol–water partition coefficient (Wildman–Crippen LogP) is 4.23. The summed E-state index contributed by atoms with van der Waals surface area (Å²) < 4.78 is 0. The number of nitro groups is 1. The van der Waals surface area contributed by atoms with Crippen LogP contribution in [0.4, 0.5) is 5.69 Å². The SMILES string of the molecule is CCc1ccc(-c2nc(SCc3ccc([N+](=O)[O-])cc3)n[nH]2)cc1. The second kappa shape index (κ2) is 7.27. The maximum absolute atomic E-state index is 10.6. The van der Waals surface area contributed by atoms with Gasteiger partial charge in [0, 0.05) is 23.4 Å². The molecule has 0 radical (unpaired) electrons. The monoisotopic (exact) mass is 340 g/mol. The molecule has 1 N–H and O–H groups in total. The zero-order valence-corrected chi connectivity index (χ0v) is 13.9. The van der Waals surface area contributed by atoms with Crippen LogP contribution in [0.1, 0.15) is 18.1 Å². The van der Waals surface area contributed by atoms with E-state index in [1.807, 2.05) is 12.1 Å². The van der Waals surface area contributed by atoms with Crippen molar-refractivity contribution in [1.29, 1.82) is 0 Å². The Balaban J connectivity index is 1.64. The fourth-order valence-corrected chi connectivity index (χ4v) is 2.95. The van der Waals surface area contributed by atoms with Crippen LogP contribution < -0.4 is 0 Å². The standard InChI is InChI=1S/C17H16N4O2S/c1-2-12-3-7-14(8-4-12)16-18-17(20-19-16)24-11-13-5-9-15(10-6-13)21(22)23/h3-10H,2,11H2,1H3,(H,18,19,20). The third-order valence-corrected chi connectivity index (χ3v) is 4.53. The van der Waals surface area contributed by atoms with Gasteiger partial charge in [0.15, 0.2) is 5.82 Å². The molecule has 1 aromatic heterocycles. The molecule has 0 bridgehead atoms. The minimum atomic E-state index is -0.401. The number of nitrogens with zero attached hydrogens (tertiary/aromatic N) is 3. The van der Waals surface area contributed by atoms with E-state index in [1.165, 1.54) is 29.5 Å². The molecular formula is C17H16N4O2S. The van der Waals surface area contributed by atoms with Gasteiger partial charge >= 0.3 is 0 Å². The van der Waals surface area contributed by atoms with Crippen molar-refractivity contribution in [2.75, 3.05) is 0 Å². The van der Waals surface area contributed by atoms with Crippen LogP contribution in [0.5, 0.6) is 0 Å². The largest absolute Gasteiger partial charge is 0.269 e. The number of hydrogen-bond acceptors (Lipinski definition) is 5. The summed E-state index contributed by atoms with van der Waals surface area (Å²) in [5.74, 6) is 1.40. The van der Waals surface area contributed by atoms with Crippen molar-refractivity contribution in [3.8, 4) is 11.4 Å². The molecule has 122 valence electrons. The van der Waals surface area contributed by atoms with E-state index in [9.17, 15) is 10.1 Å². The van der Waals surface area contributed by atoms with Gasteiger partial charge < -0.3 is 0 Å². The van der Waals surface area contributed by atoms with Crippen molar-refractivity contribution in [1.82, 2.24) is 15.2 Å². The first kappa shape index (κ1) is 16.2. The molecule has 0 aliphatic heterocycles. The van der Waals surface area contributed by atoms with Crippen LogP contribution in [0, 0.1) is 10.1 Å². The van der Waals surface area contributed by atoms with Crippen molar-refractivity contribution in [3.05, 3.63) is 69.8 Å². The molecule has 0 aliphatic carbocycles. The quantitative estimate of drug-likeness (QED) is 0.412. The molecule has 0 atom stereocenters. The lowest BCUT2D eigenvalue weighted by Crippen LogP contribution is -1.88. The Labute approximate surface area is 143 Å². The van der Waals surface area contributed by atoms with E-state index in [1.54, 1.807) is 12.1 Å². The van der Waals surface area contributed by atoms with Crippen molar-refractivity contribution >= 4 is 17.4 Å². The summed E-state index contributed by atoms with van der Waals surface area (Å²) in [5, 5.41) is 18.5. The van der Waals surface area contributed by atoms with Gasteiger partial charge in [0.05, 0.1) is 4.92 Å². The van der Waals surface area contributed by atoms with E-state index >= 15 is 0 Å². The zero-order chi connectivity index (χ0) is 16.9. The topological polar surface area (TPSA) is 84.7 Å². The van der Waals surface area contributed by atoms with Crippen LogP contribution >= 0.6 is 11.8 Å². The van der Waals surface area contributed by atoms with E-state index in [-0.39, 0.29) is 5.69 Å². The third-order valence-electron chi connectivity index (χ3n) is 3.62. The molecule has 0 fully saturated rings.